The summed E-state index contributed by atoms with van der Waals surface area (Å²) < 4.78 is 17.7. The zero-order chi connectivity index (χ0) is 24.6. The minimum atomic E-state index is -0.750. The molecule has 1 atom stereocenters. The van der Waals surface area contributed by atoms with Crippen molar-refractivity contribution in [3.8, 4) is 28.4 Å². The van der Waals surface area contributed by atoms with Crippen molar-refractivity contribution >= 4 is 5.97 Å². The smallest absolute Gasteiger partial charge is 0.303 e. The van der Waals surface area contributed by atoms with Crippen LogP contribution in [0.4, 0.5) is 0 Å². The highest BCUT2D eigenvalue weighted by Crippen LogP contribution is 2.45. The van der Waals surface area contributed by atoms with Crippen molar-refractivity contribution in [2.24, 2.45) is 5.92 Å². The van der Waals surface area contributed by atoms with Gasteiger partial charge in [-0.2, -0.15) is 0 Å². The van der Waals surface area contributed by atoms with Crippen molar-refractivity contribution in [3.05, 3.63) is 77.9 Å². The van der Waals surface area contributed by atoms with Crippen LogP contribution in [-0.2, 0) is 11.4 Å². The molecule has 35 heavy (non-hydrogen) atoms. The van der Waals surface area contributed by atoms with Crippen LogP contribution in [-0.4, -0.2) is 24.8 Å². The molecule has 0 aliphatic heterocycles. The average molecular weight is 475 g/mol. The van der Waals surface area contributed by atoms with E-state index >= 15 is 0 Å². The molecule has 1 aliphatic rings. The van der Waals surface area contributed by atoms with Gasteiger partial charge >= 0.3 is 5.97 Å². The molecule has 3 aromatic rings. The highest BCUT2D eigenvalue weighted by Gasteiger charge is 2.33. The fraction of sp³-hybridized carbons (Fsp3) is 0.367. The number of methoxy groups -OCH3 is 1. The van der Waals surface area contributed by atoms with E-state index in [0.717, 1.165) is 65.2 Å². The van der Waals surface area contributed by atoms with Crippen molar-refractivity contribution in [1.82, 2.24) is 0 Å². The molecule has 0 saturated heterocycles. The molecule has 1 fully saturated rings. The normalized spacial score (nSPS) is 13.8. The Hall–Kier alpha value is -3.47. The van der Waals surface area contributed by atoms with Gasteiger partial charge in [0.2, 0.25) is 0 Å². The second-order valence-electron chi connectivity index (χ2n) is 9.17. The van der Waals surface area contributed by atoms with Gasteiger partial charge in [0, 0.05) is 5.56 Å². The zero-order valence-electron chi connectivity index (χ0n) is 20.5. The molecule has 0 bridgehead atoms. The summed E-state index contributed by atoms with van der Waals surface area (Å²) in [5, 5.41) is 9.33. The first-order chi connectivity index (χ1) is 17.1. The van der Waals surface area contributed by atoms with Gasteiger partial charge in [-0.25, -0.2) is 0 Å². The summed E-state index contributed by atoms with van der Waals surface area (Å²) in [4.78, 5) is 11.4. The highest BCUT2D eigenvalue weighted by atomic mass is 16.5. The Balaban J connectivity index is 1.51. The van der Waals surface area contributed by atoms with Gasteiger partial charge in [-0.05, 0) is 78.1 Å². The first-order valence-corrected chi connectivity index (χ1v) is 12.4. The summed E-state index contributed by atoms with van der Waals surface area (Å²) in [6.07, 6.45) is 4.42. The third-order valence-electron chi connectivity index (χ3n) is 6.46. The summed E-state index contributed by atoms with van der Waals surface area (Å²) in [6.45, 7) is 3.21. The van der Waals surface area contributed by atoms with E-state index in [1.54, 1.807) is 7.11 Å². The first-order valence-electron chi connectivity index (χ1n) is 12.4. The second-order valence-corrected chi connectivity index (χ2v) is 9.17. The molecule has 5 heteroatoms. The standard InChI is InChI=1S/C30H34O5/c1-3-4-15-34-29-16-21(11-14-27(29)23-7-5-9-25(17-23)33-2)20-35-26-10-6-8-24(18-26)28(19-30(31)32)22-12-13-22/h5-11,14,16-18,22,28H,3-4,12-13,15,19-20H2,1-2H3,(H,31,32)/t28-/m1/s1. The zero-order valence-corrected chi connectivity index (χ0v) is 20.5. The Morgan fingerprint density at radius 3 is 2.54 bits per heavy atom. The lowest BCUT2D eigenvalue weighted by molar-refractivity contribution is -0.137. The molecule has 0 heterocycles. The molecule has 5 nitrogen and oxygen atoms in total. The maximum atomic E-state index is 11.4. The SMILES string of the molecule is CCCCOc1cc(COc2cccc([C@H](CC(=O)O)C3CC3)c2)ccc1-c1cccc(OC)c1. The molecular formula is C30H34O5. The molecule has 0 spiro atoms. The fourth-order valence-corrected chi connectivity index (χ4v) is 4.38. The van der Waals surface area contributed by atoms with Crippen LogP contribution in [0.2, 0.25) is 0 Å². The Bertz CT molecular complexity index is 1140. The minimum absolute atomic E-state index is 0.0526. The fourth-order valence-electron chi connectivity index (χ4n) is 4.38. The number of ether oxygens (including phenoxy) is 3. The Morgan fingerprint density at radius 2 is 1.80 bits per heavy atom. The largest absolute Gasteiger partial charge is 0.497 e. The molecule has 1 N–H and O–H groups in total. The van der Waals surface area contributed by atoms with E-state index in [4.69, 9.17) is 14.2 Å². The second kappa shape index (κ2) is 11.8. The van der Waals surface area contributed by atoms with Crippen LogP contribution >= 0.6 is 0 Å². The molecule has 184 valence electrons. The molecule has 4 rings (SSSR count). The number of aliphatic carboxylic acids is 1. The van der Waals surface area contributed by atoms with Crippen LogP contribution in [0.1, 0.15) is 56.1 Å². The summed E-state index contributed by atoms with van der Waals surface area (Å²) >= 11 is 0. The number of rotatable bonds is 13. The lowest BCUT2D eigenvalue weighted by Gasteiger charge is -2.17. The van der Waals surface area contributed by atoms with E-state index in [9.17, 15) is 9.90 Å². The number of hydrogen-bond acceptors (Lipinski definition) is 4. The Labute approximate surface area is 207 Å². The molecule has 0 unspecified atom stereocenters. The molecular weight excluding hydrogens is 440 g/mol. The van der Waals surface area contributed by atoms with Crippen LogP contribution in [0.15, 0.2) is 66.7 Å². The molecule has 0 radical (unpaired) electrons. The quantitative estimate of drug-likeness (QED) is 0.268. The van der Waals surface area contributed by atoms with Crippen LogP contribution in [0.3, 0.4) is 0 Å². The summed E-state index contributed by atoms with van der Waals surface area (Å²) in [5.74, 6) is 2.16. The number of carboxylic acids is 1. The average Bonchev–Trinajstić information content (AvgIpc) is 3.72. The number of benzene rings is 3. The number of carbonyl (C=O) groups is 1. The summed E-state index contributed by atoms with van der Waals surface area (Å²) in [5.41, 5.74) is 4.12. The topological polar surface area (TPSA) is 65.0 Å². The van der Waals surface area contributed by atoms with E-state index in [1.807, 2.05) is 48.5 Å². The van der Waals surface area contributed by atoms with Crippen molar-refractivity contribution in [3.63, 3.8) is 0 Å². The van der Waals surface area contributed by atoms with Crippen LogP contribution < -0.4 is 14.2 Å². The number of carboxylic acid groups (broad SMARTS) is 1. The monoisotopic (exact) mass is 474 g/mol. The number of unbranched alkanes of at least 4 members (excludes halogenated alkanes) is 1. The molecule has 1 saturated carbocycles. The van der Waals surface area contributed by atoms with Gasteiger partial charge < -0.3 is 19.3 Å². The van der Waals surface area contributed by atoms with Gasteiger partial charge in [0.15, 0.2) is 0 Å². The van der Waals surface area contributed by atoms with Gasteiger partial charge in [-0.3, -0.25) is 4.79 Å². The molecule has 3 aromatic carbocycles. The first kappa shape index (κ1) is 24.6. The Morgan fingerprint density at radius 1 is 1.00 bits per heavy atom. The molecule has 0 amide bonds. The maximum Gasteiger partial charge on any atom is 0.303 e. The third-order valence-corrected chi connectivity index (χ3v) is 6.46. The van der Waals surface area contributed by atoms with Crippen molar-refractivity contribution in [1.29, 1.82) is 0 Å². The van der Waals surface area contributed by atoms with Crippen LogP contribution in [0, 0.1) is 5.92 Å². The van der Waals surface area contributed by atoms with E-state index in [0.29, 0.717) is 19.1 Å². The van der Waals surface area contributed by atoms with Gasteiger partial charge in [0.25, 0.3) is 0 Å². The summed E-state index contributed by atoms with van der Waals surface area (Å²) in [6, 6.07) is 22.0. The Kier molecular flexibility index (Phi) is 8.30. The summed E-state index contributed by atoms with van der Waals surface area (Å²) in [7, 11) is 1.67. The molecule has 0 aromatic heterocycles. The lowest BCUT2D eigenvalue weighted by Crippen LogP contribution is -2.08. The number of hydrogen-bond donors (Lipinski definition) is 1. The lowest BCUT2D eigenvalue weighted by atomic mass is 9.91. The maximum absolute atomic E-state index is 11.4. The van der Waals surface area contributed by atoms with E-state index in [1.165, 1.54) is 0 Å². The van der Waals surface area contributed by atoms with Gasteiger partial charge in [0.05, 0.1) is 20.1 Å². The predicted molar refractivity (Wildman–Crippen MR) is 137 cm³/mol. The van der Waals surface area contributed by atoms with Crippen molar-refractivity contribution in [2.75, 3.05) is 13.7 Å². The van der Waals surface area contributed by atoms with Crippen LogP contribution in [0.5, 0.6) is 17.2 Å². The van der Waals surface area contributed by atoms with Crippen LogP contribution in [0.25, 0.3) is 11.1 Å². The highest BCUT2D eigenvalue weighted by molar-refractivity contribution is 5.72. The van der Waals surface area contributed by atoms with Gasteiger partial charge in [0.1, 0.15) is 23.9 Å². The van der Waals surface area contributed by atoms with Crippen molar-refractivity contribution < 1.29 is 24.1 Å². The van der Waals surface area contributed by atoms with E-state index < -0.39 is 5.97 Å². The molecule has 1 aliphatic carbocycles. The third kappa shape index (κ3) is 6.78. The predicted octanol–water partition coefficient (Wildman–Crippen LogP) is 7.09. The van der Waals surface area contributed by atoms with Gasteiger partial charge in [-0.1, -0.05) is 49.7 Å². The van der Waals surface area contributed by atoms with Crippen molar-refractivity contribution in [2.45, 2.75) is 51.6 Å². The van der Waals surface area contributed by atoms with E-state index in [2.05, 4.69) is 25.1 Å². The minimum Gasteiger partial charge on any atom is -0.497 e. The van der Waals surface area contributed by atoms with E-state index in [-0.39, 0.29) is 12.3 Å². The van der Waals surface area contributed by atoms with Gasteiger partial charge in [-0.15, -0.1) is 0 Å².